The van der Waals surface area contributed by atoms with Crippen molar-refractivity contribution in [2.45, 2.75) is 30.7 Å². The minimum atomic E-state index is -3.27. The fourth-order valence-corrected chi connectivity index (χ4v) is 3.27. The van der Waals surface area contributed by atoms with E-state index < -0.39 is 10.0 Å². The van der Waals surface area contributed by atoms with Gasteiger partial charge in [0.2, 0.25) is 10.0 Å². The van der Waals surface area contributed by atoms with Crippen molar-refractivity contribution in [3.63, 3.8) is 0 Å². The van der Waals surface area contributed by atoms with Crippen LogP contribution < -0.4 is 0 Å². The van der Waals surface area contributed by atoms with Crippen LogP contribution in [0.5, 0.6) is 0 Å². The highest BCUT2D eigenvalue weighted by Gasteiger charge is 2.35. The fraction of sp³-hybridized carbons (Fsp3) is 0.455. The lowest BCUT2D eigenvalue weighted by Gasteiger charge is -2.17. The van der Waals surface area contributed by atoms with Gasteiger partial charge in [-0.3, -0.25) is 0 Å². The Morgan fingerprint density at radius 2 is 1.87 bits per heavy atom. The molecule has 0 radical (unpaired) electrons. The van der Waals surface area contributed by atoms with Gasteiger partial charge in [0.1, 0.15) is 0 Å². The zero-order valence-electron chi connectivity index (χ0n) is 8.97. The van der Waals surface area contributed by atoms with Crippen LogP contribution >= 0.6 is 0 Å². The number of hydrogen-bond donors (Lipinski definition) is 0. The molecule has 0 saturated heterocycles. The van der Waals surface area contributed by atoms with Crippen molar-refractivity contribution in [1.29, 1.82) is 0 Å². The molecule has 1 aromatic rings. The molecule has 1 saturated carbocycles. The lowest BCUT2D eigenvalue weighted by atomic mass is 10.2. The molecule has 0 N–H and O–H groups in total. The summed E-state index contributed by atoms with van der Waals surface area (Å²) in [6.07, 6.45) is 1.98. The zero-order chi connectivity index (χ0) is 11.1. The maximum absolute atomic E-state index is 12.2. The van der Waals surface area contributed by atoms with Gasteiger partial charge in [-0.25, -0.2) is 8.42 Å². The molecule has 15 heavy (non-hydrogen) atoms. The van der Waals surface area contributed by atoms with E-state index in [4.69, 9.17) is 0 Å². The van der Waals surface area contributed by atoms with Crippen molar-refractivity contribution in [1.82, 2.24) is 4.31 Å². The van der Waals surface area contributed by atoms with Gasteiger partial charge >= 0.3 is 0 Å². The molecule has 4 heteroatoms. The van der Waals surface area contributed by atoms with E-state index in [1.807, 2.05) is 19.1 Å². The van der Waals surface area contributed by atoms with Crippen LogP contribution in [0.1, 0.15) is 18.4 Å². The van der Waals surface area contributed by atoms with Crippen molar-refractivity contribution >= 4 is 10.0 Å². The Balaban J connectivity index is 2.41. The number of hydrogen-bond acceptors (Lipinski definition) is 2. The number of rotatable bonds is 3. The molecule has 0 atom stereocenters. The van der Waals surface area contributed by atoms with Gasteiger partial charge in [-0.2, -0.15) is 4.31 Å². The Morgan fingerprint density at radius 1 is 1.27 bits per heavy atom. The summed E-state index contributed by atoms with van der Waals surface area (Å²) in [5.41, 5.74) is 0.810. The Bertz CT molecular complexity index is 463. The predicted octanol–water partition coefficient (Wildman–Crippen LogP) is 1.78. The molecule has 0 unspecified atom stereocenters. The second kappa shape index (κ2) is 3.61. The second-order valence-corrected chi connectivity index (χ2v) is 5.98. The van der Waals surface area contributed by atoms with E-state index >= 15 is 0 Å². The molecule has 1 fully saturated rings. The van der Waals surface area contributed by atoms with Gasteiger partial charge < -0.3 is 0 Å². The average Bonchev–Trinajstić information content (AvgIpc) is 3.00. The minimum absolute atomic E-state index is 0.217. The fourth-order valence-electron chi connectivity index (χ4n) is 1.64. The molecule has 0 aliphatic heterocycles. The molecule has 1 aliphatic rings. The Hall–Kier alpha value is -0.870. The highest BCUT2D eigenvalue weighted by molar-refractivity contribution is 7.89. The van der Waals surface area contributed by atoms with Crippen molar-refractivity contribution in [2.24, 2.45) is 0 Å². The van der Waals surface area contributed by atoms with E-state index in [1.54, 1.807) is 19.2 Å². The quantitative estimate of drug-likeness (QED) is 0.786. The third-order valence-electron chi connectivity index (χ3n) is 2.81. The molecule has 3 nitrogen and oxygen atoms in total. The Kier molecular flexibility index (Phi) is 2.56. The van der Waals surface area contributed by atoms with E-state index in [9.17, 15) is 8.42 Å². The molecule has 0 spiro atoms. The summed E-state index contributed by atoms with van der Waals surface area (Å²) in [4.78, 5) is 0.430. The third kappa shape index (κ3) is 1.92. The molecule has 82 valence electrons. The first kappa shape index (κ1) is 10.6. The van der Waals surface area contributed by atoms with Crippen LogP contribution in [0.3, 0.4) is 0 Å². The Morgan fingerprint density at radius 3 is 2.40 bits per heavy atom. The highest BCUT2D eigenvalue weighted by atomic mass is 32.2. The average molecular weight is 225 g/mol. The van der Waals surface area contributed by atoms with E-state index in [1.165, 1.54) is 4.31 Å². The SMILES string of the molecule is Cc1ccccc1S(=O)(=O)N(C)C1CC1. The third-order valence-corrected chi connectivity index (χ3v) is 4.88. The number of benzene rings is 1. The summed E-state index contributed by atoms with van der Waals surface area (Å²) in [6.45, 7) is 1.83. The summed E-state index contributed by atoms with van der Waals surface area (Å²) in [5.74, 6) is 0. The first-order valence-electron chi connectivity index (χ1n) is 5.07. The van der Waals surface area contributed by atoms with E-state index in [2.05, 4.69) is 0 Å². The summed E-state index contributed by atoms with van der Waals surface area (Å²) < 4.78 is 25.8. The first-order valence-corrected chi connectivity index (χ1v) is 6.51. The molecule has 2 rings (SSSR count). The van der Waals surface area contributed by atoms with Crippen LogP contribution in [0.15, 0.2) is 29.2 Å². The summed E-state index contributed by atoms with van der Waals surface area (Å²) in [7, 11) is -1.61. The number of nitrogens with zero attached hydrogens (tertiary/aromatic N) is 1. The number of sulfonamides is 1. The molecule has 0 aromatic heterocycles. The van der Waals surface area contributed by atoms with Crippen LogP contribution in [0.2, 0.25) is 0 Å². The van der Waals surface area contributed by atoms with Crippen LogP contribution in [0.4, 0.5) is 0 Å². The summed E-state index contributed by atoms with van der Waals surface area (Å²) in [6, 6.07) is 7.33. The summed E-state index contributed by atoms with van der Waals surface area (Å²) in [5, 5.41) is 0. The van der Waals surface area contributed by atoms with Crippen LogP contribution in [0.25, 0.3) is 0 Å². The smallest absolute Gasteiger partial charge is 0.207 e. The zero-order valence-corrected chi connectivity index (χ0v) is 9.79. The van der Waals surface area contributed by atoms with Crippen molar-refractivity contribution in [3.8, 4) is 0 Å². The normalized spacial score (nSPS) is 17.0. The maximum atomic E-state index is 12.2. The van der Waals surface area contributed by atoms with Gasteiger partial charge in [-0.1, -0.05) is 18.2 Å². The largest absolute Gasteiger partial charge is 0.243 e. The van der Waals surface area contributed by atoms with Crippen molar-refractivity contribution in [3.05, 3.63) is 29.8 Å². The van der Waals surface area contributed by atoms with E-state index in [0.29, 0.717) is 4.90 Å². The standard InChI is InChI=1S/C11H15NO2S/c1-9-5-3-4-6-11(9)15(13,14)12(2)10-7-8-10/h3-6,10H,7-8H2,1-2H3. The van der Waals surface area contributed by atoms with Gasteiger partial charge in [-0.05, 0) is 31.4 Å². The lowest BCUT2D eigenvalue weighted by Crippen LogP contribution is -2.29. The maximum Gasteiger partial charge on any atom is 0.243 e. The Labute approximate surface area is 90.8 Å². The van der Waals surface area contributed by atoms with Gasteiger partial charge in [0, 0.05) is 13.1 Å². The van der Waals surface area contributed by atoms with Crippen LogP contribution in [0, 0.1) is 6.92 Å². The first-order chi connectivity index (χ1) is 7.03. The van der Waals surface area contributed by atoms with Crippen LogP contribution in [-0.4, -0.2) is 25.8 Å². The van der Waals surface area contributed by atoms with E-state index in [-0.39, 0.29) is 6.04 Å². The molecule has 0 bridgehead atoms. The van der Waals surface area contributed by atoms with Crippen LogP contribution in [-0.2, 0) is 10.0 Å². The van der Waals surface area contributed by atoms with Gasteiger partial charge in [0.25, 0.3) is 0 Å². The molecular formula is C11H15NO2S. The summed E-state index contributed by atoms with van der Waals surface area (Å²) >= 11 is 0. The van der Waals surface area contributed by atoms with Crippen molar-refractivity contribution < 1.29 is 8.42 Å². The predicted molar refractivity (Wildman–Crippen MR) is 59.1 cm³/mol. The van der Waals surface area contributed by atoms with Gasteiger partial charge in [0.15, 0.2) is 0 Å². The van der Waals surface area contributed by atoms with Crippen molar-refractivity contribution in [2.75, 3.05) is 7.05 Å². The monoisotopic (exact) mass is 225 g/mol. The molecular weight excluding hydrogens is 210 g/mol. The molecule has 0 heterocycles. The molecule has 1 aromatic carbocycles. The highest BCUT2D eigenvalue weighted by Crippen LogP contribution is 2.31. The van der Waals surface area contributed by atoms with Gasteiger partial charge in [-0.15, -0.1) is 0 Å². The second-order valence-electron chi connectivity index (χ2n) is 4.02. The lowest BCUT2D eigenvalue weighted by molar-refractivity contribution is 0.464. The number of aryl methyl sites for hydroxylation is 1. The molecule has 1 aliphatic carbocycles. The minimum Gasteiger partial charge on any atom is -0.207 e. The van der Waals surface area contributed by atoms with E-state index in [0.717, 1.165) is 18.4 Å². The van der Waals surface area contributed by atoms with Gasteiger partial charge in [0.05, 0.1) is 4.90 Å². The topological polar surface area (TPSA) is 37.4 Å². The molecule has 0 amide bonds.